The number of aromatic nitrogens is 2. The minimum Gasteiger partial charge on any atom is -0.398 e. The predicted octanol–water partition coefficient (Wildman–Crippen LogP) is 3.20. The van der Waals surface area contributed by atoms with Crippen molar-refractivity contribution in [2.24, 2.45) is 0 Å². The molecular formula is C11H12BrN3O. The van der Waals surface area contributed by atoms with Gasteiger partial charge in [0.25, 0.3) is 5.89 Å². The number of anilines is 1. The molecule has 1 aromatic heterocycles. The van der Waals surface area contributed by atoms with Crippen LogP contribution in [-0.2, 0) is 0 Å². The average molecular weight is 282 g/mol. The topological polar surface area (TPSA) is 64.9 Å². The molecule has 4 nitrogen and oxygen atoms in total. The monoisotopic (exact) mass is 281 g/mol. The van der Waals surface area contributed by atoms with E-state index in [2.05, 4.69) is 26.1 Å². The van der Waals surface area contributed by atoms with Crippen LogP contribution in [-0.4, -0.2) is 10.1 Å². The number of nitrogens with zero attached hydrogens (tertiary/aromatic N) is 2. The highest BCUT2D eigenvalue weighted by Gasteiger charge is 2.13. The highest BCUT2D eigenvalue weighted by Crippen LogP contribution is 2.28. The van der Waals surface area contributed by atoms with Crippen LogP contribution in [0, 0.1) is 0 Å². The van der Waals surface area contributed by atoms with Crippen molar-refractivity contribution in [2.75, 3.05) is 5.73 Å². The number of rotatable bonds is 2. The van der Waals surface area contributed by atoms with Gasteiger partial charge >= 0.3 is 0 Å². The summed E-state index contributed by atoms with van der Waals surface area (Å²) in [5.41, 5.74) is 7.27. The number of halogens is 1. The van der Waals surface area contributed by atoms with Crippen molar-refractivity contribution >= 4 is 21.6 Å². The number of hydrogen-bond acceptors (Lipinski definition) is 4. The second-order valence-corrected chi connectivity index (χ2v) is 4.76. The Balaban J connectivity index is 2.42. The average Bonchev–Trinajstić information content (AvgIpc) is 2.66. The van der Waals surface area contributed by atoms with E-state index >= 15 is 0 Å². The van der Waals surface area contributed by atoms with Crippen LogP contribution in [0.1, 0.15) is 25.6 Å². The molecule has 2 rings (SSSR count). The minimum absolute atomic E-state index is 0.245. The first-order valence-corrected chi connectivity index (χ1v) is 5.76. The highest BCUT2D eigenvalue weighted by atomic mass is 79.9. The van der Waals surface area contributed by atoms with Crippen LogP contribution in [0.15, 0.2) is 27.2 Å². The van der Waals surface area contributed by atoms with Crippen LogP contribution >= 0.6 is 15.9 Å². The van der Waals surface area contributed by atoms with Gasteiger partial charge in [-0.25, -0.2) is 0 Å². The largest absolute Gasteiger partial charge is 0.398 e. The molecule has 0 radical (unpaired) electrons. The zero-order chi connectivity index (χ0) is 11.7. The van der Waals surface area contributed by atoms with Crippen LogP contribution < -0.4 is 5.73 Å². The molecule has 0 amide bonds. The van der Waals surface area contributed by atoms with E-state index in [1.807, 2.05) is 32.0 Å². The van der Waals surface area contributed by atoms with Crippen LogP contribution in [0.3, 0.4) is 0 Å². The smallest absolute Gasteiger partial charge is 0.260 e. The Kier molecular flexibility index (Phi) is 2.96. The maximum absolute atomic E-state index is 5.88. The quantitative estimate of drug-likeness (QED) is 0.859. The van der Waals surface area contributed by atoms with E-state index in [1.54, 1.807) is 0 Å². The summed E-state index contributed by atoms with van der Waals surface area (Å²) in [5, 5.41) is 3.90. The van der Waals surface area contributed by atoms with Gasteiger partial charge in [0.2, 0.25) is 0 Å². The molecule has 0 aliphatic rings. The zero-order valence-electron chi connectivity index (χ0n) is 9.07. The number of nitrogens with two attached hydrogens (primary N) is 1. The second kappa shape index (κ2) is 4.25. The summed E-state index contributed by atoms with van der Waals surface area (Å²) in [6.45, 7) is 4.03. The summed E-state index contributed by atoms with van der Waals surface area (Å²) >= 11 is 3.35. The Hall–Kier alpha value is -1.36. The summed E-state index contributed by atoms with van der Waals surface area (Å²) < 4.78 is 6.10. The van der Waals surface area contributed by atoms with Crippen LogP contribution in [0.4, 0.5) is 5.69 Å². The summed E-state index contributed by atoms with van der Waals surface area (Å²) in [6, 6.07) is 5.57. The normalized spacial score (nSPS) is 11.0. The van der Waals surface area contributed by atoms with E-state index < -0.39 is 0 Å². The van der Waals surface area contributed by atoms with E-state index in [9.17, 15) is 0 Å². The molecule has 2 N–H and O–H groups in total. The van der Waals surface area contributed by atoms with Gasteiger partial charge in [-0.1, -0.05) is 34.9 Å². The summed E-state index contributed by atoms with van der Waals surface area (Å²) in [7, 11) is 0. The lowest BCUT2D eigenvalue weighted by molar-refractivity contribution is 0.419. The minimum atomic E-state index is 0.245. The van der Waals surface area contributed by atoms with E-state index in [1.165, 1.54) is 0 Å². The molecule has 0 aliphatic heterocycles. The molecule has 2 aromatic rings. The maximum atomic E-state index is 5.88. The summed E-state index contributed by atoms with van der Waals surface area (Å²) in [6.07, 6.45) is 0. The fourth-order valence-corrected chi connectivity index (χ4v) is 1.69. The molecule has 0 fully saturated rings. The van der Waals surface area contributed by atoms with E-state index in [-0.39, 0.29) is 5.92 Å². The Morgan fingerprint density at radius 1 is 1.38 bits per heavy atom. The Morgan fingerprint density at radius 3 is 2.69 bits per heavy atom. The van der Waals surface area contributed by atoms with Crippen molar-refractivity contribution in [2.45, 2.75) is 19.8 Å². The molecule has 0 saturated carbocycles. The lowest BCUT2D eigenvalue weighted by Crippen LogP contribution is -1.92. The van der Waals surface area contributed by atoms with Gasteiger partial charge in [0.05, 0.1) is 5.56 Å². The molecule has 0 atom stereocenters. The first-order valence-electron chi connectivity index (χ1n) is 4.97. The van der Waals surface area contributed by atoms with Gasteiger partial charge in [0, 0.05) is 16.1 Å². The Bertz CT molecular complexity index is 508. The van der Waals surface area contributed by atoms with Crippen molar-refractivity contribution in [1.82, 2.24) is 10.1 Å². The Labute approximate surface area is 102 Å². The molecule has 0 unspecified atom stereocenters. The molecule has 16 heavy (non-hydrogen) atoms. The Morgan fingerprint density at radius 2 is 2.12 bits per heavy atom. The zero-order valence-corrected chi connectivity index (χ0v) is 10.7. The summed E-state index contributed by atoms with van der Waals surface area (Å²) in [4.78, 5) is 4.30. The SMILES string of the molecule is CC(C)c1noc(-c2ccc(Br)cc2N)n1. The van der Waals surface area contributed by atoms with Crippen molar-refractivity contribution in [3.8, 4) is 11.5 Å². The van der Waals surface area contributed by atoms with E-state index in [0.29, 0.717) is 17.4 Å². The van der Waals surface area contributed by atoms with Gasteiger partial charge < -0.3 is 10.3 Å². The molecule has 84 valence electrons. The second-order valence-electron chi connectivity index (χ2n) is 3.84. The third kappa shape index (κ3) is 2.09. The summed E-state index contributed by atoms with van der Waals surface area (Å²) in [5.74, 6) is 1.40. The van der Waals surface area contributed by atoms with Gasteiger partial charge in [-0.05, 0) is 18.2 Å². The molecular weight excluding hydrogens is 270 g/mol. The van der Waals surface area contributed by atoms with Crippen molar-refractivity contribution in [3.05, 3.63) is 28.5 Å². The van der Waals surface area contributed by atoms with Crippen molar-refractivity contribution in [3.63, 3.8) is 0 Å². The molecule has 0 aliphatic carbocycles. The standard InChI is InChI=1S/C11H12BrN3O/c1-6(2)10-14-11(16-15-10)8-4-3-7(12)5-9(8)13/h3-6H,13H2,1-2H3. The number of benzene rings is 1. The van der Waals surface area contributed by atoms with Gasteiger partial charge in [-0.15, -0.1) is 0 Å². The molecule has 0 spiro atoms. The van der Waals surface area contributed by atoms with Crippen molar-refractivity contribution in [1.29, 1.82) is 0 Å². The van der Waals surface area contributed by atoms with Gasteiger partial charge in [-0.3, -0.25) is 0 Å². The lowest BCUT2D eigenvalue weighted by atomic mass is 10.2. The predicted molar refractivity (Wildman–Crippen MR) is 65.9 cm³/mol. The van der Waals surface area contributed by atoms with Gasteiger partial charge in [0.1, 0.15) is 0 Å². The lowest BCUT2D eigenvalue weighted by Gasteiger charge is -2.00. The van der Waals surface area contributed by atoms with Crippen molar-refractivity contribution < 1.29 is 4.52 Å². The van der Waals surface area contributed by atoms with Crippen LogP contribution in [0.2, 0.25) is 0 Å². The third-order valence-electron chi connectivity index (χ3n) is 2.20. The first-order chi connectivity index (χ1) is 7.58. The molecule has 0 saturated heterocycles. The number of hydrogen-bond donors (Lipinski definition) is 1. The fourth-order valence-electron chi connectivity index (χ4n) is 1.31. The molecule has 1 heterocycles. The van der Waals surface area contributed by atoms with Gasteiger partial charge in [0.15, 0.2) is 5.82 Å². The third-order valence-corrected chi connectivity index (χ3v) is 2.70. The molecule has 5 heteroatoms. The first kappa shape index (κ1) is 11.1. The fraction of sp³-hybridized carbons (Fsp3) is 0.273. The molecule has 1 aromatic carbocycles. The van der Waals surface area contributed by atoms with Crippen LogP contribution in [0.25, 0.3) is 11.5 Å². The number of nitrogen functional groups attached to an aromatic ring is 1. The maximum Gasteiger partial charge on any atom is 0.260 e. The highest BCUT2D eigenvalue weighted by molar-refractivity contribution is 9.10. The van der Waals surface area contributed by atoms with Crippen LogP contribution in [0.5, 0.6) is 0 Å². The van der Waals surface area contributed by atoms with Gasteiger partial charge in [-0.2, -0.15) is 4.98 Å². The van der Waals surface area contributed by atoms with E-state index in [0.717, 1.165) is 10.0 Å². The van der Waals surface area contributed by atoms with E-state index in [4.69, 9.17) is 10.3 Å². The molecule has 0 bridgehead atoms.